The molecule has 1 aromatic rings. The van der Waals surface area contributed by atoms with Gasteiger partial charge in [-0.15, -0.1) is 0 Å². The molecule has 0 radical (unpaired) electrons. The van der Waals surface area contributed by atoms with Crippen molar-refractivity contribution in [2.24, 2.45) is 16.9 Å². The molecule has 1 atom stereocenters. The van der Waals surface area contributed by atoms with E-state index < -0.39 is 23.0 Å². The summed E-state index contributed by atoms with van der Waals surface area (Å²) in [7, 11) is 0. The molecule has 108 valence electrons. The Morgan fingerprint density at radius 2 is 1.90 bits per heavy atom. The fraction of sp³-hybridized carbons (Fsp3) is 0.385. The molecule has 0 aliphatic carbocycles. The van der Waals surface area contributed by atoms with Gasteiger partial charge in [-0.3, -0.25) is 4.79 Å². The molecule has 1 aliphatic rings. The van der Waals surface area contributed by atoms with Crippen LogP contribution in [-0.2, 0) is 4.79 Å². The quantitative estimate of drug-likeness (QED) is 0.825. The molecule has 1 heterocycles. The van der Waals surface area contributed by atoms with Crippen LogP contribution in [0.15, 0.2) is 12.1 Å². The van der Waals surface area contributed by atoms with Gasteiger partial charge in [0, 0.05) is 18.7 Å². The molecule has 4 nitrogen and oxygen atoms in total. The van der Waals surface area contributed by atoms with Crippen LogP contribution in [0.4, 0.5) is 14.5 Å². The fourth-order valence-electron chi connectivity index (χ4n) is 2.36. The molecule has 4 N–H and O–H groups in total. The van der Waals surface area contributed by atoms with Crippen LogP contribution < -0.4 is 16.4 Å². The van der Waals surface area contributed by atoms with Gasteiger partial charge in [-0.2, -0.15) is 0 Å². The Bertz CT molecular complexity index is 570. The van der Waals surface area contributed by atoms with Gasteiger partial charge in [-0.05, 0) is 25.5 Å². The van der Waals surface area contributed by atoms with E-state index in [1.165, 1.54) is 4.90 Å². The minimum Gasteiger partial charge on any atom is -0.389 e. The molecule has 1 fully saturated rings. The lowest BCUT2D eigenvalue weighted by Gasteiger charge is -2.23. The monoisotopic (exact) mass is 299 g/mol. The van der Waals surface area contributed by atoms with E-state index in [1.807, 2.05) is 0 Å². The van der Waals surface area contributed by atoms with E-state index in [9.17, 15) is 13.6 Å². The highest BCUT2D eigenvalue weighted by molar-refractivity contribution is 7.80. The average Bonchev–Trinajstić information content (AvgIpc) is 2.72. The van der Waals surface area contributed by atoms with Gasteiger partial charge in [0.25, 0.3) is 0 Å². The van der Waals surface area contributed by atoms with Gasteiger partial charge in [0.2, 0.25) is 5.91 Å². The number of primary amides is 1. The van der Waals surface area contributed by atoms with Crippen LogP contribution >= 0.6 is 12.2 Å². The molecule has 1 aliphatic heterocycles. The maximum Gasteiger partial charge on any atom is 0.225 e. The molecule has 0 spiro atoms. The van der Waals surface area contributed by atoms with Crippen LogP contribution in [0, 0.1) is 17.0 Å². The summed E-state index contributed by atoms with van der Waals surface area (Å²) in [5.41, 5.74) is 9.87. The van der Waals surface area contributed by atoms with Crippen LogP contribution in [0.25, 0.3) is 0 Å². The van der Waals surface area contributed by atoms with Crippen LogP contribution in [0.3, 0.4) is 0 Å². The summed E-state index contributed by atoms with van der Waals surface area (Å²) in [5, 5.41) is 0. The molecular weight excluding hydrogens is 284 g/mol. The minimum atomic E-state index is -0.777. The van der Waals surface area contributed by atoms with Crippen molar-refractivity contribution in [3.63, 3.8) is 0 Å². The molecule has 7 heteroatoms. The highest BCUT2D eigenvalue weighted by Gasteiger charge is 2.40. The SMILES string of the molecule is CC1(C(N)=O)CCN(c2c(F)cc(C(N)=S)cc2F)C1. The number of thiocarbonyl (C=S) groups is 1. The van der Waals surface area contributed by atoms with Gasteiger partial charge in [0.15, 0.2) is 0 Å². The molecule has 20 heavy (non-hydrogen) atoms. The Morgan fingerprint density at radius 3 is 2.30 bits per heavy atom. The van der Waals surface area contributed by atoms with Crippen LogP contribution in [0.1, 0.15) is 18.9 Å². The van der Waals surface area contributed by atoms with Gasteiger partial charge in [0.1, 0.15) is 22.3 Å². The van der Waals surface area contributed by atoms with Crippen LogP contribution in [-0.4, -0.2) is 24.0 Å². The predicted octanol–water partition coefficient (Wildman–Crippen LogP) is 1.30. The van der Waals surface area contributed by atoms with Crippen molar-refractivity contribution in [1.29, 1.82) is 0 Å². The maximum atomic E-state index is 14.1. The first-order valence-electron chi connectivity index (χ1n) is 6.08. The molecule has 1 amide bonds. The van der Waals surface area contributed by atoms with E-state index in [1.54, 1.807) is 6.92 Å². The molecule has 2 rings (SSSR count). The smallest absolute Gasteiger partial charge is 0.225 e. The van der Waals surface area contributed by atoms with Crippen LogP contribution in [0.5, 0.6) is 0 Å². The summed E-state index contributed by atoms with van der Waals surface area (Å²) in [6, 6.07) is 2.20. The molecule has 1 unspecified atom stereocenters. The van der Waals surface area contributed by atoms with Crippen LogP contribution in [0.2, 0.25) is 0 Å². The number of anilines is 1. The topological polar surface area (TPSA) is 72.4 Å². The van der Waals surface area contributed by atoms with E-state index in [2.05, 4.69) is 0 Å². The zero-order valence-electron chi connectivity index (χ0n) is 11.0. The minimum absolute atomic E-state index is 0.0715. The Kier molecular flexibility index (Phi) is 3.64. The highest BCUT2D eigenvalue weighted by Crippen LogP contribution is 2.35. The van der Waals surface area contributed by atoms with Gasteiger partial charge in [0.05, 0.1) is 5.41 Å². The number of benzene rings is 1. The molecule has 0 aromatic heterocycles. The van der Waals surface area contributed by atoms with Gasteiger partial charge in [-0.1, -0.05) is 12.2 Å². The lowest BCUT2D eigenvalue weighted by molar-refractivity contribution is -0.125. The van der Waals surface area contributed by atoms with Crippen molar-refractivity contribution in [2.75, 3.05) is 18.0 Å². The van der Waals surface area contributed by atoms with E-state index in [0.29, 0.717) is 13.0 Å². The first-order chi connectivity index (χ1) is 9.24. The third kappa shape index (κ3) is 2.45. The Morgan fingerprint density at radius 1 is 1.35 bits per heavy atom. The number of hydrogen-bond acceptors (Lipinski definition) is 3. The molecule has 1 aromatic carbocycles. The third-order valence-electron chi connectivity index (χ3n) is 3.69. The summed E-state index contributed by atoms with van der Waals surface area (Å²) in [4.78, 5) is 12.8. The summed E-state index contributed by atoms with van der Waals surface area (Å²) in [6.07, 6.45) is 0.457. The van der Waals surface area contributed by atoms with Crippen molar-refractivity contribution < 1.29 is 13.6 Å². The zero-order chi connectivity index (χ0) is 15.1. The highest BCUT2D eigenvalue weighted by atomic mass is 32.1. The van der Waals surface area contributed by atoms with Crippen molar-refractivity contribution in [3.05, 3.63) is 29.3 Å². The van der Waals surface area contributed by atoms with E-state index in [-0.39, 0.29) is 22.8 Å². The molecular formula is C13H15F2N3OS. The number of nitrogens with zero attached hydrogens (tertiary/aromatic N) is 1. The summed E-state index contributed by atoms with van der Waals surface area (Å²) in [5.74, 6) is -1.97. The number of rotatable bonds is 3. The fourth-order valence-corrected chi connectivity index (χ4v) is 2.48. The van der Waals surface area contributed by atoms with Gasteiger partial charge in [-0.25, -0.2) is 8.78 Å². The molecule has 1 saturated heterocycles. The van der Waals surface area contributed by atoms with Gasteiger partial charge < -0.3 is 16.4 Å². The number of carbonyl (C=O) groups excluding carboxylic acids is 1. The summed E-state index contributed by atoms with van der Waals surface area (Å²) < 4.78 is 28.1. The number of hydrogen-bond donors (Lipinski definition) is 2. The number of nitrogens with two attached hydrogens (primary N) is 2. The van der Waals surface area contributed by atoms with E-state index in [0.717, 1.165) is 12.1 Å². The predicted molar refractivity (Wildman–Crippen MR) is 76.4 cm³/mol. The second-order valence-corrected chi connectivity index (χ2v) is 5.69. The third-order valence-corrected chi connectivity index (χ3v) is 3.92. The van der Waals surface area contributed by atoms with Gasteiger partial charge >= 0.3 is 0 Å². The Labute approximate surface area is 120 Å². The van der Waals surface area contributed by atoms with Crippen molar-refractivity contribution in [3.8, 4) is 0 Å². The second kappa shape index (κ2) is 4.97. The van der Waals surface area contributed by atoms with E-state index in [4.69, 9.17) is 23.7 Å². The largest absolute Gasteiger partial charge is 0.389 e. The van der Waals surface area contributed by atoms with Crippen molar-refractivity contribution in [2.45, 2.75) is 13.3 Å². The Hall–Kier alpha value is -1.76. The second-order valence-electron chi connectivity index (χ2n) is 5.25. The zero-order valence-corrected chi connectivity index (χ0v) is 11.8. The maximum absolute atomic E-state index is 14.1. The normalized spacial score (nSPS) is 22.1. The number of halogens is 2. The lowest BCUT2D eigenvalue weighted by atomic mass is 9.89. The molecule has 0 saturated carbocycles. The van der Waals surface area contributed by atoms with Crippen molar-refractivity contribution in [1.82, 2.24) is 0 Å². The number of amides is 1. The van der Waals surface area contributed by atoms with Crippen molar-refractivity contribution >= 4 is 28.8 Å². The first-order valence-corrected chi connectivity index (χ1v) is 6.49. The summed E-state index contributed by atoms with van der Waals surface area (Å²) in [6.45, 7) is 2.23. The lowest BCUT2D eigenvalue weighted by Crippen LogP contribution is -2.37. The number of carbonyl (C=O) groups is 1. The summed E-state index contributed by atoms with van der Waals surface area (Å²) >= 11 is 4.70. The Balaban J connectivity index is 2.36. The standard InChI is InChI=1S/C13H15F2N3OS/c1-13(12(17)19)2-3-18(6-13)10-8(14)4-7(11(16)20)5-9(10)15/h4-5H,2-3,6H2,1H3,(H2,16,20)(H2,17,19). The molecule has 0 bridgehead atoms. The van der Waals surface area contributed by atoms with E-state index >= 15 is 0 Å². The first kappa shape index (κ1) is 14.6. The average molecular weight is 299 g/mol.